The molecule has 3 atom stereocenters. The van der Waals surface area contributed by atoms with E-state index in [1.807, 2.05) is 0 Å². The summed E-state index contributed by atoms with van der Waals surface area (Å²) in [7, 11) is 5.18. The summed E-state index contributed by atoms with van der Waals surface area (Å²) < 4.78 is 40.4. The average Bonchev–Trinajstić information content (AvgIpc) is 3.01. The van der Waals surface area contributed by atoms with Crippen LogP contribution in [0.2, 0.25) is 0 Å². The smallest absolute Gasteiger partial charge is 0.142 e. The molecule has 2 aromatic carbocycles. The minimum atomic E-state index is 0.0741. The fraction of sp³-hybridized carbons (Fsp3) is 0.636. The normalized spacial score (nSPS) is 20.6. The molecule has 0 aromatic heterocycles. The van der Waals surface area contributed by atoms with Crippen molar-refractivity contribution in [2.75, 3.05) is 79.0 Å². The summed E-state index contributed by atoms with van der Waals surface area (Å²) in [6.45, 7) is 7.04. The molecule has 8 nitrogen and oxygen atoms in total. The second-order valence-corrected chi connectivity index (χ2v) is 10.8. The van der Waals surface area contributed by atoms with Crippen molar-refractivity contribution >= 4 is 5.69 Å². The van der Waals surface area contributed by atoms with Crippen LogP contribution >= 0.6 is 0 Å². The van der Waals surface area contributed by atoms with Crippen molar-refractivity contribution in [3.05, 3.63) is 59.2 Å². The van der Waals surface area contributed by atoms with Crippen LogP contribution in [0.3, 0.4) is 0 Å². The molecular formula is C33H49NO7. The van der Waals surface area contributed by atoms with E-state index in [0.29, 0.717) is 46.2 Å². The number of nitrogens with zero attached hydrogens (tertiary/aromatic N) is 1. The minimum Gasteiger partial charge on any atom is -0.490 e. The molecule has 4 rings (SSSR count). The molecule has 1 aliphatic carbocycles. The molecule has 0 N–H and O–H groups in total. The molecule has 0 saturated heterocycles. The molecule has 0 spiro atoms. The Labute approximate surface area is 246 Å². The zero-order valence-electron chi connectivity index (χ0n) is 25.2. The van der Waals surface area contributed by atoms with Crippen molar-refractivity contribution in [2.45, 2.75) is 63.4 Å². The molecule has 0 unspecified atom stereocenters. The van der Waals surface area contributed by atoms with Gasteiger partial charge in [-0.1, -0.05) is 30.3 Å². The van der Waals surface area contributed by atoms with Crippen molar-refractivity contribution in [3.8, 4) is 5.75 Å². The number of anilines is 1. The van der Waals surface area contributed by atoms with Crippen LogP contribution in [0.5, 0.6) is 5.75 Å². The number of methoxy groups -OCH3 is 3. The lowest BCUT2D eigenvalue weighted by Crippen LogP contribution is -2.38. The molecule has 0 bridgehead atoms. The quantitative estimate of drug-likeness (QED) is 0.222. The highest BCUT2D eigenvalue weighted by Crippen LogP contribution is 2.39. The minimum absolute atomic E-state index is 0.0741. The second-order valence-electron chi connectivity index (χ2n) is 10.8. The van der Waals surface area contributed by atoms with Crippen LogP contribution in [0.25, 0.3) is 0 Å². The molecule has 1 heterocycles. The van der Waals surface area contributed by atoms with Gasteiger partial charge in [-0.25, -0.2) is 0 Å². The van der Waals surface area contributed by atoms with E-state index in [2.05, 4.69) is 47.4 Å². The Balaban J connectivity index is 1.44. The van der Waals surface area contributed by atoms with Gasteiger partial charge in [0.25, 0.3) is 0 Å². The van der Waals surface area contributed by atoms with Crippen LogP contribution in [0.15, 0.2) is 42.5 Å². The first-order valence-corrected chi connectivity index (χ1v) is 15.1. The van der Waals surface area contributed by atoms with Gasteiger partial charge in [-0.15, -0.1) is 0 Å². The molecule has 2 aliphatic rings. The largest absolute Gasteiger partial charge is 0.490 e. The van der Waals surface area contributed by atoms with Crippen LogP contribution in [0, 0.1) is 0 Å². The predicted octanol–water partition coefficient (Wildman–Crippen LogP) is 5.36. The summed E-state index contributed by atoms with van der Waals surface area (Å²) in [5.74, 6) is 1.12. The van der Waals surface area contributed by atoms with Gasteiger partial charge in [0.05, 0.1) is 50.9 Å². The number of ether oxygens (including phenoxy) is 7. The monoisotopic (exact) mass is 571 g/mol. The van der Waals surface area contributed by atoms with Crippen LogP contribution in [0.1, 0.15) is 54.7 Å². The molecule has 228 valence electrons. The Kier molecular flexibility index (Phi) is 13.7. The van der Waals surface area contributed by atoms with Crippen molar-refractivity contribution in [3.63, 3.8) is 0 Å². The Bertz CT molecular complexity index is 1000. The average molecular weight is 572 g/mol. The molecule has 0 amide bonds. The van der Waals surface area contributed by atoms with E-state index in [-0.39, 0.29) is 18.1 Å². The van der Waals surface area contributed by atoms with E-state index in [1.54, 1.807) is 21.3 Å². The number of fused-ring (bicyclic) bond motifs is 1. The van der Waals surface area contributed by atoms with Crippen LogP contribution in [0.4, 0.5) is 5.69 Å². The van der Waals surface area contributed by atoms with Gasteiger partial charge in [-0.05, 0) is 60.9 Å². The summed E-state index contributed by atoms with van der Waals surface area (Å²) in [4.78, 5) is 2.40. The van der Waals surface area contributed by atoms with E-state index in [9.17, 15) is 0 Å². The lowest BCUT2D eigenvalue weighted by Gasteiger charge is -2.38. The lowest BCUT2D eigenvalue weighted by atomic mass is 9.79. The van der Waals surface area contributed by atoms with Gasteiger partial charge in [0.1, 0.15) is 12.4 Å². The van der Waals surface area contributed by atoms with E-state index >= 15 is 0 Å². The van der Waals surface area contributed by atoms with Crippen LogP contribution < -0.4 is 9.64 Å². The van der Waals surface area contributed by atoms with E-state index in [4.69, 9.17) is 33.2 Å². The van der Waals surface area contributed by atoms with E-state index in [0.717, 1.165) is 74.4 Å². The van der Waals surface area contributed by atoms with Gasteiger partial charge in [0, 0.05) is 53.6 Å². The highest BCUT2D eigenvalue weighted by molar-refractivity contribution is 5.61. The van der Waals surface area contributed by atoms with E-state index < -0.39 is 0 Å². The van der Waals surface area contributed by atoms with Crippen molar-refractivity contribution in [1.82, 2.24) is 0 Å². The zero-order chi connectivity index (χ0) is 28.7. The van der Waals surface area contributed by atoms with E-state index in [1.165, 1.54) is 5.56 Å². The Hall–Kier alpha value is -2.20. The predicted molar refractivity (Wildman–Crippen MR) is 160 cm³/mol. The maximum Gasteiger partial charge on any atom is 0.142 e. The van der Waals surface area contributed by atoms with Crippen molar-refractivity contribution < 1.29 is 33.2 Å². The maximum atomic E-state index is 6.72. The first-order chi connectivity index (χ1) is 20.2. The van der Waals surface area contributed by atoms with Crippen molar-refractivity contribution in [1.29, 1.82) is 0 Å². The van der Waals surface area contributed by atoms with Crippen molar-refractivity contribution in [2.24, 2.45) is 0 Å². The summed E-state index contributed by atoms with van der Waals surface area (Å²) in [5.41, 5.74) is 4.73. The number of hydrogen-bond acceptors (Lipinski definition) is 8. The van der Waals surface area contributed by atoms with Crippen LogP contribution in [-0.2, 0) is 41.6 Å². The number of rotatable bonds is 18. The van der Waals surface area contributed by atoms with Gasteiger partial charge in [-0.3, -0.25) is 0 Å². The molecule has 41 heavy (non-hydrogen) atoms. The van der Waals surface area contributed by atoms with Gasteiger partial charge in [0.15, 0.2) is 0 Å². The lowest BCUT2D eigenvalue weighted by molar-refractivity contribution is -0.0713. The molecule has 0 radical (unpaired) electrons. The molecule has 1 aliphatic heterocycles. The standard InChI is InChI=1S/C33H49NO7/c1-35-17-5-15-34-16-20-40-30-14-11-27(23-29(30)34)25-41-32-8-4-7-31(39-19-6-18-36-2)33(32)28-12-9-26(10-13-28)24-38-22-21-37-3/h9-14,23,31-33H,4-8,15-22,24-25H2,1-3H3/t31-,32+,33+/m1/s1. The SMILES string of the molecule is COCCCO[C@@H]1CCC[C@H](OCc2ccc3c(c2)N(CCCOC)CCO3)[C@H]1c1ccc(COCCOC)cc1. The molecular weight excluding hydrogens is 522 g/mol. The Morgan fingerprint density at radius 2 is 1.49 bits per heavy atom. The molecule has 8 heteroatoms. The summed E-state index contributed by atoms with van der Waals surface area (Å²) in [5, 5.41) is 0. The van der Waals surface area contributed by atoms with Gasteiger partial charge in [0.2, 0.25) is 0 Å². The third kappa shape index (κ3) is 9.66. The highest BCUT2D eigenvalue weighted by atomic mass is 16.5. The molecule has 1 saturated carbocycles. The zero-order valence-corrected chi connectivity index (χ0v) is 25.2. The van der Waals surface area contributed by atoms with Crippen LogP contribution in [-0.4, -0.2) is 86.3 Å². The summed E-state index contributed by atoms with van der Waals surface area (Å²) in [6.07, 6.45) is 5.21. The summed E-state index contributed by atoms with van der Waals surface area (Å²) >= 11 is 0. The first-order valence-electron chi connectivity index (χ1n) is 15.1. The topological polar surface area (TPSA) is 67.9 Å². The van der Waals surface area contributed by atoms with Gasteiger partial charge in [-0.2, -0.15) is 0 Å². The first kappa shape index (κ1) is 31.7. The van der Waals surface area contributed by atoms with Gasteiger partial charge < -0.3 is 38.1 Å². The Morgan fingerprint density at radius 3 is 2.27 bits per heavy atom. The molecule has 2 aromatic rings. The highest BCUT2D eigenvalue weighted by Gasteiger charge is 2.36. The Morgan fingerprint density at radius 1 is 0.756 bits per heavy atom. The second kappa shape index (κ2) is 17.7. The third-order valence-electron chi connectivity index (χ3n) is 7.89. The fourth-order valence-corrected chi connectivity index (χ4v) is 5.77. The maximum absolute atomic E-state index is 6.72. The number of hydrogen-bond donors (Lipinski definition) is 0. The fourth-order valence-electron chi connectivity index (χ4n) is 5.77. The van der Waals surface area contributed by atoms with Gasteiger partial charge >= 0.3 is 0 Å². The molecule has 1 fully saturated rings. The summed E-state index contributed by atoms with van der Waals surface area (Å²) in [6, 6.07) is 15.2. The number of benzene rings is 2. The third-order valence-corrected chi connectivity index (χ3v) is 7.89.